The molecule has 140 valence electrons. The number of para-hydroxylation sites is 1. The number of carbonyl (C=O) groups excluding carboxylic acids is 1. The second kappa shape index (κ2) is 7.29. The van der Waals surface area contributed by atoms with Crippen molar-refractivity contribution in [3.05, 3.63) is 75.5 Å². The first kappa shape index (κ1) is 19.3. The fourth-order valence-electron chi connectivity index (χ4n) is 2.57. The molecule has 0 atom stereocenters. The zero-order chi connectivity index (χ0) is 19.8. The molecule has 8 heteroatoms. The zero-order valence-electron chi connectivity index (χ0n) is 13.8. The molecule has 2 aromatic carbocycles. The number of alkyl halides is 3. The van der Waals surface area contributed by atoms with Gasteiger partial charge in [-0.25, -0.2) is 0 Å². The Balaban J connectivity index is 1.92. The summed E-state index contributed by atoms with van der Waals surface area (Å²) in [6.07, 6.45) is -4.59. The van der Waals surface area contributed by atoms with Gasteiger partial charge in [0, 0.05) is 15.6 Å². The molecule has 3 aromatic rings. The average Bonchev–Trinajstić information content (AvgIpc) is 2.95. The summed E-state index contributed by atoms with van der Waals surface area (Å²) in [7, 11) is 0. The second-order valence-corrected chi connectivity index (χ2v) is 6.61. The summed E-state index contributed by atoms with van der Waals surface area (Å²) in [4.78, 5) is 12.5. The van der Waals surface area contributed by atoms with Crippen LogP contribution in [0, 0.1) is 6.92 Å². The fraction of sp³-hybridized carbons (Fsp3) is 0.105. The van der Waals surface area contributed by atoms with Crippen molar-refractivity contribution in [2.75, 3.05) is 5.32 Å². The van der Waals surface area contributed by atoms with E-state index < -0.39 is 17.6 Å². The van der Waals surface area contributed by atoms with Crippen LogP contribution in [0.25, 0.3) is 11.3 Å². The second-order valence-electron chi connectivity index (χ2n) is 5.74. The van der Waals surface area contributed by atoms with E-state index in [0.717, 1.165) is 6.07 Å². The summed E-state index contributed by atoms with van der Waals surface area (Å²) >= 11 is 11.9. The largest absolute Gasteiger partial charge is 0.461 e. The Morgan fingerprint density at radius 3 is 2.30 bits per heavy atom. The van der Waals surface area contributed by atoms with Gasteiger partial charge in [-0.3, -0.25) is 4.79 Å². The van der Waals surface area contributed by atoms with Crippen molar-refractivity contribution in [1.29, 1.82) is 0 Å². The Bertz CT molecular complexity index is 992. The summed E-state index contributed by atoms with van der Waals surface area (Å²) in [6.45, 7) is 1.54. The van der Waals surface area contributed by atoms with Gasteiger partial charge in [0.1, 0.15) is 11.5 Å². The van der Waals surface area contributed by atoms with Gasteiger partial charge >= 0.3 is 6.18 Å². The predicted molar refractivity (Wildman–Crippen MR) is 98.3 cm³/mol. The number of furan rings is 1. The van der Waals surface area contributed by atoms with Gasteiger partial charge < -0.3 is 9.73 Å². The molecule has 1 N–H and O–H groups in total. The maximum absolute atomic E-state index is 13.1. The van der Waals surface area contributed by atoms with E-state index in [1.807, 2.05) is 0 Å². The Labute approximate surface area is 162 Å². The molecule has 1 amide bonds. The van der Waals surface area contributed by atoms with E-state index in [2.05, 4.69) is 5.32 Å². The molecule has 3 nitrogen and oxygen atoms in total. The van der Waals surface area contributed by atoms with E-state index in [9.17, 15) is 18.0 Å². The Hall–Kier alpha value is -2.44. The maximum Gasteiger partial charge on any atom is 0.418 e. The van der Waals surface area contributed by atoms with Crippen LogP contribution in [0.3, 0.4) is 0 Å². The molecule has 1 aromatic heterocycles. The van der Waals surface area contributed by atoms with E-state index in [4.69, 9.17) is 27.6 Å². The number of aryl methyl sites for hydroxylation is 1. The Morgan fingerprint density at radius 1 is 1.04 bits per heavy atom. The molecule has 1 heterocycles. The number of halogens is 5. The van der Waals surface area contributed by atoms with Gasteiger partial charge in [0.15, 0.2) is 0 Å². The lowest BCUT2D eigenvalue weighted by Crippen LogP contribution is -2.16. The van der Waals surface area contributed by atoms with Crippen molar-refractivity contribution in [3.63, 3.8) is 0 Å². The SMILES string of the molecule is Cc1oc(-c2cc(Cl)cc(Cl)c2)cc1C(=O)Nc1ccccc1C(F)(F)F. The molecule has 0 aliphatic carbocycles. The highest BCUT2D eigenvalue weighted by Crippen LogP contribution is 2.35. The molecule has 3 rings (SSSR count). The van der Waals surface area contributed by atoms with E-state index in [0.29, 0.717) is 21.4 Å². The normalized spacial score (nSPS) is 11.5. The van der Waals surface area contributed by atoms with Crippen molar-refractivity contribution < 1.29 is 22.4 Å². The summed E-state index contributed by atoms with van der Waals surface area (Å²) in [5.41, 5.74) is -0.604. The molecule has 0 aliphatic heterocycles. The first-order valence-corrected chi connectivity index (χ1v) is 8.45. The molecule has 0 radical (unpaired) electrons. The number of amides is 1. The van der Waals surface area contributed by atoms with Gasteiger partial charge in [-0.1, -0.05) is 35.3 Å². The van der Waals surface area contributed by atoms with Crippen LogP contribution in [0.15, 0.2) is 52.9 Å². The average molecular weight is 414 g/mol. The van der Waals surface area contributed by atoms with Crippen molar-refractivity contribution in [3.8, 4) is 11.3 Å². The summed E-state index contributed by atoms with van der Waals surface area (Å²) in [5.74, 6) is -0.137. The van der Waals surface area contributed by atoms with Gasteiger partial charge in [-0.15, -0.1) is 0 Å². The minimum absolute atomic E-state index is 0.109. The summed E-state index contributed by atoms with van der Waals surface area (Å²) in [5, 5.41) is 3.06. The maximum atomic E-state index is 13.1. The molecule has 27 heavy (non-hydrogen) atoms. The van der Waals surface area contributed by atoms with E-state index in [-0.39, 0.29) is 17.0 Å². The predicted octanol–water partition coefficient (Wildman–Crippen LogP) is 6.83. The van der Waals surface area contributed by atoms with E-state index >= 15 is 0 Å². The number of carbonyl (C=O) groups is 1. The highest BCUT2D eigenvalue weighted by atomic mass is 35.5. The monoisotopic (exact) mass is 413 g/mol. The molecule has 0 fully saturated rings. The number of anilines is 1. The molecule has 0 bridgehead atoms. The highest BCUT2D eigenvalue weighted by molar-refractivity contribution is 6.35. The highest BCUT2D eigenvalue weighted by Gasteiger charge is 2.33. The lowest BCUT2D eigenvalue weighted by Gasteiger charge is -2.13. The van der Waals surface area contributed by atoms with Crippen LogP contribution in [-0.4, -0.2) is 5.91 Å². The van der Waals surface area contributed by atoms with Gasteiger partial charge in [0.2, 0.25) is 0 Å². The van der Waals surface area contributed by atoms with Crippen molar-refractivity contribution in [1.82, 2.24) is 0 Å². The summed E-state index contributed by atoms with van der Waals surface area (Å²) in [6, 6.07) is 10.9. The van der Waals surface area contributed by atoms with Crippen molar-refractivity contribution >= 4 is 34.8 Å². The van der Waals surface area contributed by atoms with E-state index in [1.54, 1.807) is 25.1 Å². The van der Waals surface area contributed by atoms with Crippen LogP contribution in [0.1, 0.15) is 21.7 Å². The number of rotatable bonds is 3. The smallest absolute Gasteiger partial charge is 0.418 e. The van der Waals surface area contributed by atoms with Gasteiger partial charge in [0.05, 0.1) is 16.8 Å². The third-order valence-corrected chi connectivity index (χ3v) is 4.23. The molecule has 0 aliphatic rings. The van der Waals surface area contributed by atoms with Crippen LogP contribution in [-0.2, 0) is 6.18 Å². The standard InChI is InChI=1S/C19H12Cl2F3NO2/c1-10-14(9-17(27-10)11-6-12(20)8-13(21)7-11)18(26)25-16-5-3-2-4-15(16)19(22,23)24/h2-9H,1H3,(H,25,26). The van der Waals surface area contributed by atoms with Crippen LogP contribution in [0.4, 0.5) is 18.9 Å². The molecule has 0 saturated carbocycles. The number of benzene rings is 2. The third kappa shape index (κ3) is 4.28. The molecular weight excluding hydrogens is 402 g/mol. The molecule has 0 spiro atoms. The van der Waals surface area contributed by atoms with Gasteiger partial charge in [-0.2, -0.15) is 13.2 Å². The van der Waals surface area contributed by atoms with Crippen LogP contribution in [0.5, 0.6) is 0 Å². The topological polar surface area (TPSA) is 42.2 Å². The molecular formula is C19H12Cl2F3NO2. The fourth-order valence-corrected chi connectivity index (χ4v) is 3.10. The number of nitrogens with one attached hydrogen (secondary N) is 1. The van der Waals surface area contributed by atoms with Crippen LogP contribution in [0.2, 0.25) is 10.0 Å². The molecule has 0 saturated heterocycles. The lowest BCUT2D eigenvalue weighted by atomic mass is 10.1. The first-order chi connectivity index (χ1) is 12.6. The van der Waals surface area contributed by atoms with Gasteiger partial charge in [-0.05, 0) is 43.3 Å². The quantitative estimate of drug-likeness (QED) is 0.510. The molecule has 0 unspecified atom stereocenters. The number of hydrogen-bond acceptors (Lipinski definition) is 2. The van der Waals surface area contributed by atoms with Crippen LogP contribution < -0.4 is 5.32 Å². The third-order valence-electron chi connectivity index (χ3n) is 3.79. The van der Waals surface area contributed by atoms with Gasteiger partial charge in [0.25, 0.3) is 5.91 Å². The zero-order valence-corrected chi connectivity index (χ0v) is 15.3. The van der Waals surface area contributed by atoms with Crippen molar-refractivity contribution in [2.24, 2.45) is 0 Å². The Kier molecular flexibility index (Phi) is 5.22. The minimum atomic E-state index is -4.59. The number of hydrogen-bond donors (Lipinski definition) is 1. The van der Waals surface area contributed by atoms with Crippen LogP contribution >= 0.6 is 23.2 Å². The van der Waals surface area contributed by atoms with Crippen molar-refractivity contribution in [2.45, 2.75) is 13.1 Å². The minimum Gasteiger partial charge on any atom is -0.461 e. The first-order valence-electron chi connectivity index (χ1n) is 7.69. The summed E-state index contributed by atoms with van der Waals surface area (Å²) < 4.78 is 44.8. The Morgan fingerprint density at radius 2 is 1.67 bits per heavy atom. The van der Waals surface area contributed by atoms with E-state index in [1.165, 1.54) is 24.3 Å². The lowest BCUT2D eigenvalue weighted by molar-refractivity contribution is -0.136.